The summed E-state index contributed by atoms with van der Waals surface area (Å²) in [6, 6.07) is 12.3. The summed E-state index contributed by atoms with van der Waals surface area (Å²) in [5, 5.41) is 0. The minimum Gasteiger partial charge on any atom is -0.496 e. The zero-order chi connectivity index (χ0) is 29.3. The van der Waals surface area contributed by atoms with Crippen molar-refractivity contribution in [3.05, 3.63) is 53.1 Å². The SMILES string of the molecule is COc1ccc(N2CCOCC2)cc1C(=O)N1CCCCCCCN(C(C)=O)c2cc(CN3CCOCC3)ccc2C1. The number of fused-ring (bicyclic) bond motifs is 1. The Balaban J connectivity index is 1.47. The Morgan fingerprint density at radius 2 is 1.50 bits per heavy atom. The second-order valence-corrected chi connectivity index (χ2v) is 11.5. The lowest BCUT2D eigenvalue weighted by molar-refractivity contribution is -0.116. The Morgan fingerprint density at radius 1 is 0.810 bits per heavy atom. The van der Waals surface area contributed by atoms with Crippen LogP contribution in [0.25, 0.3) is 0 Å². The van der Waals surface area contributed by atoms with E-state index in [1.807, 2.05) is 28.0 Å². The van der Waals surface area contributed by atoms with Gasteiger partial charge >= 0.3 is 0 Å². The minimum absolute atomic E-state index is 0.0367. The Kier molecular flexibility index (Phi) is 10.7. The summed E-state index contributed by atoms with van der Waals surface area (Å²) in [5.41, 5.74) is 4.66. The molecule has 2 aromatic rings. The van der Waals surface area contributed by atoms with Crippen molar-refractivity contribution < 1.29 is 23.8 Å². The predicted molar refractivity (Wildman–Crippen MR) is 164 cm³/mol. The van der Waals surface area contributed by atoms with Crippen molar-refractivity contribution in [2.45, 2.75) is 52.1 Å². The van der Waals surface area contributed by atoms with Gasteiger partial charge in [-0.1, -0.05) is 31.4 Å². The van der Waals surface area contributed by atoms with Crippen molar-refractivity contribution in [2.75, 3.05) is 82.6 Å². The molecule has 2 fully saturated rings. The van der Waals surface area contributed by atoms with Gasteiger partial charge < -0.3 is 28.9 Å². The molecule has 2 aromatic carbocycles. The van der Waals surface area contributed by atoms with Crippen molar-refractivity contribution in [1.82, 2.24) is 9.80 Å². The van der Waals surface area contributed by atoms with Crippen molar-refractivity contribution in [3.63, 3.8) is 0 Å². The van der Waals surface area contributed by atoms with Crippen LogP contribution in [0.15, 0.2) is 36.4 Å². The summed E-state index contributed by atoms with van der Waals surface area (Å²) in [6.07, 6.45) is 5.13. The lowest BCUT2D eigenvalue weighted by Crippen LogP contribution is -2.37. The molecule has 0 bridgehead atoms. The highest BCUT2D eigenvalue weighted by atomic mass is 16.5. The number of hydrogen-bond acceptors (Lipinski definition) is 7. The molecule has 0 N–H and O–H groups in total. The average molecular weight is 579 g/mol. The van der Waals surface area contributed by atoms with Crippen molar-refractivity contribution in [2.24, 2.45) is 0 Å². The highest BCUT2D eigenvalue weighted by Crippen LogP contribution is 2.31. The van der Waals surface area contributed by atoms with Crippen LogP contribution in [-0.4, -0.2) is 94.4 Å². The number of nitrogens with zero attached hydrogens (tertiary/aromatic N) is 4. The fraction of sp³-hybridized carbons (Fsp3) is 0.576. The van der Waals surface area contributed by atoms with E-state index in [9.17, 15) is 9.59 Å². The van der Waals surface area contributed by atoms with Gasteiger partial charge in [-0.2, -0.15) is 0 Å². The largest absolute Gasteiger partial charge is 0.496 e. The average Bonchev–Trinajstić information content (AvgIpc) is 3.02. The van der Waals surface area contributed by atoms with Crippen LogP contribution < -0.4 is 14.5 Å². The van der Waals surface area contributed by atoms with E-state index in [0.29, 0.717) is 44.2 Å². The molecule has 0 atom stereocenters. The van der Waals surface area contributed by atoms with Gasteiger partial charge in [-0.25, -0.2) is 0 Å². The van der Waals surface area contributed by atoms with E-state index < -0.39 is 0 Å². The summed E-state index contributed by atoms with van der Waals surface area (Å²) in [4.78, 5) is 35.8. The first kappa shape index (κ1) is 30.3. The summed E-state index contributed by atoms with van der Waals surface area (Å²) in [5.74, 6) is 0.570. The number of ether oxygens (including phenoxy) is 3. The molecular formula is C33H46N4O5. The van der Waals surface area contributed by atoms with Gasteiger partial charge in [-0.05, 0) is 48.2 Å². The number of carbonyl (C=O) groups is 2. The summed E-state index contributed by atoms with van der Waals surface area (Å²) < 4.78 is 16.8. The second kappa shape index (κ2) is 14.8. The van der Waals surface area contributed by atoms with E-state index in [1.165, 1.54) is 5.56 Å². The first-order valence-electron chi connectivity index (χ1n) is 15.5. The molecule has 0 spiro atoms. The maximum absolute atomic E-state index is 14.3. The van der Waals surface area contributed by atoms with Crippen molar-refractivity contribution in [1.29, 1.82) is 0 Å². The molecule has 0 aromatic heterocycles. The number of rotatable bonds is 5. The van der Waals surface area contributed by atoms with Gasteiger partial charge in [0.15, 0.2) is 0 Å². The molecule has 0 aliphatic carbocycles. The summed E-state index contributed by atoms with van der Waals surface area (Å²) in [7, 11) is 1.62. The lowest BCUT2D eigenvalue weighted by atomic mass is 10.0. The maximum Gasteiger partial charge on any atom is 0.257 e. The highest BCUT2D eigenvalue weighted by molar-refractivity contribution is 5.98. The fourth-order valence-electron chi connectivity index (χ4n) is 6.17. The predicted octanol–water partition coefficient (Wildman–Crippen LogP) is 4.32. The molecule has 0 unspecified atom stereocenters. The standard InChI is InChI=1S/C33H46N4O5/c1-26(38)37-13-7-5-3-4-6-12-36(25-28-9-8-27(22-31(28)37)24-34-14-18-41-19-15-34)33(39)30-23-29(10-11-32(30)40-2)35-16-20-42-21-17-35/h8-11,22-23H,3-7,12-21,24-25H2,1-2H3. The molecule has 3 aliphatic heterocycles. The highest BCUT2D eigenvalue weighted by Gasteiger charge is 2.25. The van der Waals surface area contributed by atoms with Gasteiger partial charge in [0.1, 0.15) is 5.75 Å². The Morgan fingerprint density at radius 3 is 2.21 bits per heavy atom. The molecule has 5 rings (SSSR count). The Labute approximate surface area is 250 Å². The zero-order valence-corrected chi connectivity index (χ0v) is 25.3. The van der Waals surface area contributed by atoms with E-state index in [-0.39, 0.29) is 11.8 Å². The quantitative estimate of drug-likeness (QED) is 0.523. The third kappa shape index (κ3) is 7.62. The summed E-state index contributed by atoms with van der Waals surface area (Å²) >= 11 is 0. The van der Waals surface area contributed by atoms with E-state index in [4.69, 9.17) is 14.2 Å². The topological polar surface area (TPSA) is 74.8 Å². The van der Waals surface area contributed by atoms with Crippen LogP contribution in [-0.2, 0) is 27.4 Å². The number of carbonyl (C=O) groups excluding carboxylic acids is 2. The minimum atomic E-state index is -0.0447. The van der Waals surface area contributed by atoms with E-state index in [1.54, 1.807) is 14.0 Å². The third-order valence-electron chi connectivity index (χ3n) is 8.58. The molecule has 3 aliphatic rings. The van der Waals surface area contributed by atoms with E-state index in [0.717, 1.165) is 95.0 Å². The molecule has 9 heteroatoms. The fourth-order valence-corrected chi connectivity index (χ4v) is 6.17. The molecule has 9 nitrogen and oxygen atoms in total. The van der Waals surface area contributed by atoms with Gasteiger partial charge in [0.05, 0.1) is 39.1 Å². The van der Waals surface area contributed by atoms with Crippen LogP contribution in [0.3, 0.4) is 0 Å². The van der Waals surface area contributed by atoms with Crippen LogP contribution in [0.5, 0.6) is 5.75 Å². The number of benzene rings is 2. The van der Waals surface area contributed by atoms with Crippen molar-refractivity contribution in [3.8, 4) is 5.75 Å². The van der Waals surface area contributed by atoms with Crippen LogP contribution in [0.4, 0.5) is 11.4 Å². The molecular weight excluding hydrogens is 532 g/mol. The number of amides is 2. The summed E-state index contributed by atoms with van der Waals surface area (Å²) in [6.45, 7) is 10.5. The van der Waals surface area contributed by atoms with Gasteiger partial charge in [0.25, 0.3) is 5.91 Å². The number of methoxy groups -OCH3 is 1. The lowest BCUT2D eigenvalue weighted by Gasteiger charge is -2.31. The van der Waals surface area contributed by atoms with Gasteiger partial charge in [-0.15, -0.1) is 0 Å². The monoisotopic (exact) mass is 578 g/mol. The van der Waals surface area contributed by atoms with Crippen LogP contribution in [0.2, 0.25) is 0 Å². The van der Waals surface area contributed by atoms with Crippen molar-refractivity contribution >= 4 is 23.2 Å². The van der Waals surface area contributed by atoms with E-state index >= 15 is 0 Å². The van der Waals surface area contributed by atoms with E-state index in [2.05, 4.69) is 28.0 Å². The van der Waals surface area contributed by atoms with Crippen LogP contribution in [0.1, 0.15) is 60.5 Å². The maximum atomic E-state index is 14.3. The van der Waals surface area contributed by atoms with Crippen LogP contribution in [0, 0.1) is 0 Å². The first-order valence-corrected chi connectivity index (χ1v) is 15.5. The Bertz CT molecular complexity index is 1210. The molecule has 3 heterocycles. The molecule has 2 saturated heterocycles. The molecule has 2 amide bonds. The van der Waals surface area contributed by atoms with Gasteiger partial charge in [0.2, 0.25) is 5.91 Å². The van der Waals surface area contributed by atoms with Crippen LogP contribution >= 0.6 is 0 Å². The number of anilines is 2. The smallest absolute Gasteiger partial charge is 0.257 e. The Hall–Kier alpha value is -3.14. The number of hydrogen-bond donors (Lipinski definition) is 0. The zero-order valence-electron chi connectivity index (χ0n) is 25.3. The molecule has 0 radical (unpaired) electrons. The third-order valence-corrected chi connectivity index (χ3v) is 8.58. The molecule has 0 saturated carbocycles. The number of morpholine rings is 2. The second-order valence-electron chi connectivity index (χ2n) is 11.5. The molecule has 228 valence electrons. The van der Waals surface area contributed by atoms with Gasteiger partial charge in [-0.3, -0.25) is 14.5 Å². The molecule has 42 heavy (non-hydrogen) atoms. The first-order chi connectivity index (χ1) is 20.5. The van der Waals surface area contributed by atoms with Gasteiger partial charge in [0, 0.05) is 70.7 Å². The normalized spacial score (nSPS) is 19.4.